The highest BCUT2D eigenvalue weighted by Gasteiger charge is 2.18. The SMILES string of the molecule is Cc1ccccc1-c1c(C)ccc2c3ccccc3n(-c3ccccc3)c12.Cc1nc(-c2ccccc2)cc(-c2ccc3oc4ccccc4c3c2)n1. The molecule has 0 spiro atoms. The van der Waals surface area contributed by atoms with Gasteiger partial charge in [-0.3, -0.25) is 0 Å². The van der Waals surface area contributed by atoms with Gasteiger partial charge in [0, 0.05) is 43.9 Å². The summed E-state index contributed by atoms with van der Waals surface area (Å²) in [4.78, 5) is 9.26. The molecule has 53 heavy (non-hydrogen) atoms. The topological polar surface area (TPSA) is 43.9 Å². The van der Waals surface area contributed by atoms with E-state index in [1.54, 1.807) is 0 Å². The molecule has 0 atom stereocenters. The van der Waals surface area contributed by atoms with Crippen LogP contribution in [0, 0.1) is 20.8 Å². The quantitative estimate of drug-likeness (QED) is 0.185. The summed E-state index contributed by atoms with van der Waals surface area (Å²) in [5.74, 6) is 0.763. The fourth-order valence-corrected chi connectivity index (χ4v) is 7.55. The average molecular weight is 684 g/mol. The predicted octanol–water partition coefficient (Wildman–Crippen LogP) is 13.1. The highest BCUT2D eigenvalue weighted by atomic mass is 16.3. The summed E-state index contributed by atoms with van der Waals surface area (Å²) in [7, 11) is 0. The maximum Gasteiger partial charge on any atom is 0.135 e. The largest absolute Gasteiger partial charge is 0.456 e. The lowest BCUT2D eigenvalue weighted by atomic mass is 9.94. The molecule has 0 saturated carbocycles. The van der Waals surface area contributed by atoms with E-state index in [1.807, 2.05) is 55.5 Å². The Morgan fingerprint density at radius 2 is 1.09 bits per heavy atom. The van der Waals surface area contributed by atoms with Crippen molar-refractivity contribution in [3.8, 4) is 39.3 Å². The molecule has 10 rings (SSSR count). The molecule has 0 unspecified atom stereocenters. The molecule has 4 heteroatoms. The van der Waals surface area contributed by atoms with Crippen molar-refractivity contribution in [2.45, 2.75) is 20.8 Å². The number of hydrogen-bond donors (Lipinski definition) is 0. The second-order valence-corrected chi connectivity index (χ2v) is 13.5. The molecule has 0 fully saturated rings. The molecule has 3 aromatic heterocycles. The molecule has 0 radical (unpaired) electrons. The summed E-state index contributed by atoms with van der Waals surface area (Å²) in [5.41, 5.74) is 14.8. The lowest BCUT2D eigenvalue weighted by molar-refractivity contribution is 0.669. The van der Waals surface area contributed by atoms with Gasteiger partial charge >= 0.3 is 0 Å². The number of aryl methyl sites for hydroxylation is 3. The molecule has 0 aliphatic rings. The first-order chi connectivity index (χ1) is 26.0. The molecule has 0 N–H and O–H groups in total. The van der Waals surface area contributed by atoms with E-state index in [2.05, 4.69) is 150 Å². The lowest BCUT2D eigenvalue weighted by Crippen LogP contribution is -1.97. The first-order valence-corrected chi connectivity index (χ1v) is 18.0. The Kier molecular flexibility index (Phi) is 8.13. The zero-order chi connectivity index (χ0) is 35.9. The summed E-state index contributed by atoms with van der Waals surface area (Å²) in [6, 6.07) is 59.2. The monoisotopic (exact) mass is 683 g/mol. The highest BCUT2D eigenvalue weighted by Crippen LogP contribution is 2.40. The molecule has 0 bridgehead atoms. The van der Waals surface area contributed by atoms with Crippen molar-refractivity contribution in [1.29, 1.82) is 0 Å². The summed E-state index contributed by atoms with van der Waals surface area (Å²) in [5, 5.41) is 4.83. The standard InChI is InChI=1S/C26H21N.C23H16N2O/c1-18-10-6-7-13-21(18)25-19(2)16-17-23-22-14-8-9-15-24(22)27(26(23)25)20-11-4-3-5-12-20;1-15-24-20(16-7-3-2-4-8-16)14-21(25-15)17-11-12-23-19(13-17)18-9-5-6-10-22(18)26-23/h3-17H,1-2H3;2-14H,1H3. The number of aromatic nitrogens is 3. The Hall–Kier alpha value is -6.78. The fourth-order valence-electron chi connectivity index (χ4n) is 7.55. The molecule has 0 aliphatic carbocycles. The number of para-hydroxylation sites is 3. The van der Waals surface area contributed by atoms with Crippen LogP contribution in [0.4, 0.5) is 0 Å². The smallest absolute Gasteiger partial charge is 0.135 e. The van der Waals surface area contributed by atoms with Crippen LogP contribution in [0.2, 0.25) is 0 Å². The van der Waals surface area contributed by atoms with Gasteiger partial charge in [-0.25, -0.2) is 9.97 Å². The van der Waals surface area contributed by atoms with Crippen molar-refractivity contribution in [1.82, 2.24) is 14.5 Å². The van der Waals surface area contributed by atoms with E-state index in [9.17, 15) is 0 Å². The summed E-state index contributed by atoms with van der Waals surface area (Å²) in [6.07, 6.45) is 0. The van der Waals surface area contributed by atoms with Crippen molar-refractivity contribution in [2.75, 3.05) is 0 Å². The van der Waals surface area contributed by atoms with Gasteiger partial charge < -0.3 is 8.98 Å². The van der Waals surface area contributed by atoms with Crippen molar-refractivity contribution in [3.05, 3.63) is 187 Å². The molecule has 0 aliphatic heterocycles. The number of benzene rings is 7. The van der Waals surface area contributed by atoms with Crippen LogP contribution in [0.25, 0.3) is 83.1 Å². The highest BCUT2D eigenvalue weighted by molar-refractivity contribution is 6.14. The Morgan fingerprint density at radius 3 is 1.89 bits per heavy atom. The predicted molar refractivity (Wildman–Crippen MR) is 221 cm³/mol. The number of hydrogen-bond acceptors (Lipinski definition) is 3. The molecule has 4 nitrogen and oxygen atoms in total. The first kappa shape index (κ1) is 32.1. The van der Waals surface area contributed by atoms with Gasteiger partial charge in [-0.15, -0.1) is 0 Å². The maximum atomic E-state index is 5.93. The molecule has 3 heterocycles. The molecule has 254 valence electrons. The number of rotatable bonds is 4. The number of fused-ring (bicyclic) bond motifs is 6. The van der Waals surface area contributed by atoms with Gasteiger partial charge in [0.1, 0.15) is 17.0 Å². The lowest BCUT2D eigenvalue weighted by Gasteiger charge is -2.15. The Balaban J connectivity index is 0.000000141. The average Bonchev–Trinajstić information content (AvgIpc) is 3.74. The second-order valence-electron chi connectivity index (χ2n) is 13.5. The van der Waals surface area contributed by atoms with Crippen LogP contribution in [0.5, 0.6) is 0 Å². The molecule has 7 aromatic carbocycles. The summed E-state index contributed by atoms with van der Waals surface area (Å²) < 4.78 is 8.34. The zero-order valence-corrected chi connectivity index (χ0v) is 29.9. The van der Waals surface area contributed by atoms with E-state index in [-0.39, 0.29) is 0 Å². The van der Waals surface area contributed by atoms with Crippen molar-refractivity contribution >= 4 is 43.7 Å². The minimum absolute atomic E-state index is 0.763. The molecule has 0 amide bonds. The van der Waals surface area contributed by atoms with E-state index in [4.69, 9.17) is 4.42 Å². The van der Waals surface area contributed by atoms with Gasteiger partial charge in [0.2, 0.25) is 0 Å². The zero-order valence-electron chi connectivity index (χ0n) is 29.9. The first-order valence-electron chi connectivity index (χ1n) is 18.0. The molecular formula is C49H37N3O. The van der Waals surface area contributed by atoms with Crippen LogP contribution in [0.3, 0.4) is 0 Å². The van der Waals surface area contributed by atoms with Crippen LogP contribution < -0.4 is 0 Å². The Bertz CT molecular complexity index is 2920. The van der Waals surface area contributed by atoms with E-state index >= 15 is 0 Å². The fraction of sp³-hybridized carbons (Fsp3) is 0.0612. The van der Waals surface area contributed by atoms with Crippen molar-refractivity contribution in [2.24, 2.45) is 0 Å². The third-order valence-corrected chi connectivity index (χ3v) is 10.1. The third-order valence-electron chi connectivity index (χ3n) is 10.1. The van der Waals surface area contributed by atoms with Crippen LogP contribution in [-0.2, 0) is 0 Å². The Morgan fingerprint density at radius 1 is 0.453 bits per heavy atom. The van der Waals surface area contributed by atoms with Crippen LogP contribution in [0.15, 0.2) is 174 Å². The maximum absolute atomic E-state index is 5.93. The van der Waals surface area contributed by atoms with Gasteiger partial charge in [0.15, 0.2) is 0 Å². The van der Waals surface area contributed by atoms with Gasteiger partial charge in [0.25, 0.3) is 0 Å². The van der Waals surface area contributed by atoms with Crippen LogP contribution in [0.1, 0.15) is 17.0 Å². The van der Waals surface area contributed by atoms with E-state index in [0.29, 0.717) is 0 Å². The normalized spacial score (nSPS) is 11.3. The van der Waals surface area contributed by atoms with Crippen molar-refractivity contribution in [3.63, 3.8) is 0 Å². The Labute approximate surface area is 308 Å². The molecule has 0 saturated heterocycles. The van der Waals surface area contributed by atoms with Gasteiger partial charge in [0.05, 0.1) is 22.4 Å². The molecular weight excluding hydrogens is 647 g/mol. The van der Waals surface area contributed by atoms with E-state index < -0.39 is 0 Å². The van der Waals surface area contributed by atoms with Gasteiger partial charge in [-0.1, -0.05) is 121 Å². The van der Waals surface area contributed by atoms with Gasteiger partial charge in [-0.05, 0) is 86.0 Å². The van der Waals surface area contributed by atoms with Gasteiger partial charge in [-0.2, -0.15) is 0 Å². The van der Waals surface area contributed by atoms with E-state index in [1.165, 1.54) is 49.7 Å². The minimum Gasteiger partial charge on any atom is -0.456 e. The number of nitrogens with zero attached hydrogens (tertiary/aromatic N) is 3. The van der Waals surface area contributed by atoms with Crippen LogP contribution in [-0.4, -0.2) is 14.5 Å². The summed E-state index contributed by atoms with van der Waals surface area (Å²) >= 11 is 0. The minimum atomic E-state index is 0.763. The number of furan rings is 1. The second kappa shape index (κ2) is 13.4. The summed E-state index contributed by atoms with van der Waals surface area (Å²) in [6.45, 7) is 6.35. The van der Waals surface area contributed by atoms with Crippen LogP contribution >= 0.6 is 0 Å². The van der Waals surface area contributed by atoms with Crippen molar-refractivity contribution < 1.29 is 4.42 Å². The third kappa shape index (κ3) is 5.84. The van der Waals surface area contributed by atoms with E-state index in [0.717, 1.165) is 50.3 Å². The molecule has 10 aromatic rings.